The lowest BCUT2D eigenvalue weighted by Crippen LogP contribution is -2.31. The Labute approximate surface area is 155 Å². The van der Waals surface area contributed by atoms with Crippen molar-refractivity contribution >= 4 is 23.7 Å². The average Bonchev–Trinajstić information content (AvgIpc) is 3.28. The first-order chi connectivity index (χ1) is 13.1. The van der Waals surface area contributed by atoms with Crippen LogP contribution in [0.4, 0.5) is 0 Å². The third-order valence-corrected chi connectivity index (χ3v) is 4.03. The van der Waals surface area contributed by atoms with Gasteiger partial charge in [-0.1, -0.05) is 12.1 Å². The quantitative estimate of drug-likeness (QED) is 0.430. The van der Waals surface area contributed by atoms with Crippen molar-refractivity contribution in [3.05, 3.63) is 59.5 Å². The number of benzene rings is 1. The molecule has 0 saturated heterocycles. The lowest BCUT2D eigenvalue weighted by Gasteiger charge is -2.13. The van der Waals surface area contributed by atoms with Gasteiger partial charge in [0.1, 0.15) is 0 Å². The molecule has 2 aromatic rings. The Balaban J connectivity index is 1.33. The van der Waals surface area contributed by atoms with E-state index < -0.39 is 11.9 Å². The largest absolute Gasteiger partial charge is 0.466 e. The minimum atomic E-state index is -0.475. The summed E-state index contributed by atoms with van der Waals surface area (Å²) in [5.74, 6) is -1.37. The highest BCUT2D eigenvalue weighted by Gasteiger charge is 2.34. The predicted octanol–water partition coefficient (Wildman–Crippen LogP) is 1.63. The van der Waals surface area contributed by atoms with Gasteiger partial charge in [0.05, 0.1) is 30.4 Å². The number of hydrogen-bond donors (Lipinski definition) is 1. The van der Waals surface area contributed by atoms with Gasteiger partial charge in [0.25, 0.3) is 17.7 Å². The summed E-state index contributed by atoms with van der Waals surface area (Å²) in [4.78, 5) is 48.8. The summed E-state index contributed by atoms with van der Waals surface area (Å²) in [6.07, 6.45) is 1.74. The average molecular weight is 370 g/mol. The fourth-order valence-electron chi connectivity index (χ4n) is 2.70. The van der Waals surface area contributed by atoms with Crippen LogP contribution in [0.2, 0.25) is 0 Å². The van der Waals surface area contributed by atoms with Crippen molar-refractivity contribution in [3.8, 4) is 0 Å². The number of carbonyl (C=O) groups excluding carboxylic acids is 4. The highest BCUT2D eigenvalue weighted by molar-refractivity contribution is 6.21. The molecule has 3 rings (SSSR count). The normalized spacial score (nSPS) is 12.8. The first kappa shape index (κ1) is 18.4. The third-order valence-electron chi connectivity index (χ3n) is 4.03. The van der Waals surface area contributed by atoms with Crippen LogP contribution in [0.5, 0.6) is 0 Å². The molecule has 8 nitrogen and oxygen atoms in total. The maximum atomic E-state index is 12.2. The van der Waals surface area contributed by atoms with Gasteiger partial charge in [-0.15, -0.1) is 0 Å². The molecule has 1 aromatic heterocycles. The smallest absolute Gasteiger partial charge is 0.307 e. The van der Waals surface area contributed by atoms with E-state index in [1.54, 1.807) is 30.3 Å². The second kappa shape index (κ2) is 8.31. The molecule has 2 heterocycles. The van der Waals surface area contributed by atoms with Crippen molar-refractivity contribution in [2.75, 3.05) is 19.7 Å². The van der Waals surface area contributed by atoms with Crippen LogP contribution in [0, 0.1) is 0 Å². The number of rotatable bonds is 8. The van der Waals surface area contributed by atoms with Crippen molar-refractivity contribution in [1.29, 1.82) is 0 Å². The van der Waals surface area contributed by atoms with Crippen molar-refractivity contribution in [1.82, 2.24) is 10.2 Å². The standard InChI is InChI=1S/C19H18N2O6/c22-16(8-9-20-17(23)15-7-3-11-26-15)27-12-4-10-21-18(24)13-5-1-2-6-14(13)19(21)25/h1-3,5-7,11H,4,8-10,12H2,(H,20,23). The molecule has 27 heavy (non-hydrogen) atoms. The number of fused-ring (bicyclic) bond motifs is 1. The van der Waals surface area contributed by atoms with Gasteiger partial charge in [-0.3, -0.25) is 24.1 Å². The molecular weight excluding hydrogens is 352 g/mol. The van der Waals surface area contributed by atoms with Gasteiger partial charge in [-0.2, -0.15) is 0 Å². The fraction of sp³-hybridized carbons (Fsp3) is 0.263. The van der Waals surface area contributed by atoms with Gasteiger partial charge in [0.2, 0.25) is 0 Å². The van der Waals surface area contributed by atoms with Crippen LogP contribution in [-0.4, -0.2) is 48.3 Å². The highest BCUT2D eigenvalue weighted by atomic mass is 16.5. The number of amides is 3. The van der Waals surface area contributed by atoms with Crippen LogP contribution in [-0.2, 0) is 9.53 Å². The van der Waals surface area contributed by atoms with E-state index in [1.807, 2.05) is 0 Å². The summed E-state index contributed by atoms with van der Waals surface area (Å²) >= 11 is 0. The number of nitrogens with one attached hydrogen (secondary N) is 1. The van der Waals surface area contributed by atoms with Crippen molar-refractivity contribution in [2.45, 2.75) is 12.8 Å². The first-order valence-electron chi connectivity index (χ1n) is 8.50. The molecule has 0 fully saturated rings. The maximum Gasteiger partial charge on any atom is 0.307 e. The minimum absolute atomic E-state index is 0.0134. The van der Waals surface area contributed by atoms with E-state index >= 15 is 0 Å². The molecule has 0 spiro atoms. The maximum absolute atomic E-state index is 12.2. The predicted molar refractivity (Wildman–Crippen MR) is 93.0 cm³/mol. The summed E-state index contributed by atoms with van der Waals surface area (Å²) in [6, 6.07) is 9.77. The van der Waals surface area contributed by atoms with Gasteiger partial charge in [-0.05, 0) is 30.7 Å². The van der Waals surface area contributed by atoms with E-state index in [1.165, 1.54) is 12.3 Å². The molecule has 0 atom stereocenters. The molecule has 0 aliphatic carbocycles. The lowest BCUT2D eigenvalue weighted by molar-refractivity contribution is -0.143. The summed E-state index contributed by atoms with van der Waals surface area (Å²) in [5.41, 5.74) is 0.790. The van der Waals surface area contributed by atoms with Crippen LogP contribution in [0.1, 0.15) is 44.1 Å². The van der Waals surface area contributed by atoms with Crippen LogP contribution in [0.15, 0.2) is 47.1 Å². The lowest BCUT2D eigenvalue weighted by atomic mass is 10.1. The molecule has 0 saturated carbocycles. The zero-order valence-corrected chi connectivity index (χ0v) is 14.5. The number of hydrogen-bond acceptors (Lipinski definition) is 6. The molecule has 0 bridgehead atoms. The molecule has 1 N–H and O–H groups in total. The van der Waals surface area contributed by atoms with E-state index in [0.717, 1.165) is 4.90 Å². The second-order valence-corrected chi connectivity index (χ2v) is 5.86. The zero-order chi connectivity index (χ0) is 19.2. The van der Waals surface area contributed by atoms with Gasteiger partial charge < -0.3 is 14.5 Å². The van der Waals surface area contributed by atoms with E-state index in [4.69, 9.17) is 9.15 Å². The molecule has 1 aliphatic rings. The Hall–Kier alpha value is -3.42. The summed E-state index contributed by atoms with van der Waals surface area (Å²) in [7, 11) is 0. The van der Waals surface area contributed by atoms with E-state index in [0.29, 0.717) is 17.5 Å². The molecule has 8 heteroatoms. The monoisotopic (exact) mass is 370 g/mol. The molecule has 3 amide bonds. The fourth-order valence-corrected chi connectivity index (χ4v) is 2.70. The van der Waals surface area contributed by atoms with E-state index in [-0.39, 0.29) is 43.7 Å². The molecule has 140 valence electrons. The number of carbonyl (C=O) groups is 4. The Morgan fingerprint density at radius 3 is 2.37 bits per heavy atom. The summed E-state index contributed by atoms with van der Waals surface area (Å²) in [5, 5.41) is 2.54. The SMILES string of the molecule is O=C(CCNC(=O)c1ccco1)OCCCN1C(=O)c2ccccc2C1=O. The number of nitrogens with zero attached hydrogens (tertiary/aromatic N) is 1. The Morgan fingerprint density at radius 1 is 1.04 bits per heavy atom. The number of imide groups is 1. The molecule has 1 aliphatic heterocycles. The van der Waals surface area contributed by atoms with E-state index in [2.05, 4.69) is 5.32 Å². The zero-order valence-electron chi connectivity index (χ0n) is 14.5. The molecule has 1 aromatic carbocycles. The Kier molecular flexibility index (Phi) is 5.65. The van der Waals surface area contributed by atoms with Gasteiger partial charge in [0, 0.05) is 13.1 Å². The summed E-state index contributed by atoms with van der Waals surface area (Å²) < 4.78 is 9.99. The van der Waals surface area contributed by atoms with Crippen molar-refractivity contribution in [2.24, 2.45) is 0 Å². The van der Waals surface area contributed by atoms with Crippen molar-refractivity contribution < 1.29 is 28.3 Å². The van der Waals surface area contributed by atoms with E-state index in [9.17, 15) is 19.2 Å². The van der Waals surface area contributed by atoms with Crippen molar-refractivity contribution in [3.63, 3.8) is 0 Å². The summed E-state index contributed by atoms with van der Waals surface area (Å²) in [6.45, 7) is 0.379. The minimum Gasteiger partial charge on any atom is -0.466 e. The van der Waals surface area contributed by atoms with Crippen LogP contribution in [0.3, 0.4) is 0 Å². The number of furan rings is 1. The first-order valence-corrected chi connectivity index (χ1v) is 8.50. The molecular formula is C19H18N2O6. The molecule has 0 unspecified atom stereocenters. The van der Waals surface area contributed by atoms with Gasteiger partial charge >= 0.3 is 5.97 Å². The second-order valence-electron chi connectivity index (χ2n) is 5.86. The number of ether oxygens (including phenoxy) is 1. The van der Waals surface area contributed by atoms with Crippen LogP contribution >= 0.6 is 0 Å². The van der Waals surface area contributed by atoms with Crippen LogP contribution in [0.25, 0.3) is 0 Å². The topological polar surface area (TPSA) is 106 Å². The Morgan fingerprint density at radius 2 is 1.74 bits per heavy atom. The van der Waals surface area contributed by atoms with Gasteiger partial charge in [0.15, 0.2) is 5.76 Å². The van der Waals surface area contributed by atoms with Crippen LogP contribution < -0.4 is 5.32 Å². The number of esters is 1. The third kappa shape index (κ3) is 4.22. The molecule has 0 radical (unpaired) electrons. The van der Waals surface area contributed by atoms with Gasteiger partial charge in [-0.25, -0.2) is 0 Å². The Bertz CT molecular complexity index is 824. The highest BCUT2D eigenvalue weighted by Crippen LogP contribution is 2.22.